The summed E-state index contributed by atoms with van der Waals surface area (Å²) in [7, 11) is 8.10. The van der Waals surface area contributed by atoms with Crippen LogP contribution in [0.1, 0.15) is 189 Å². The van der Waals surface area contributed by atoms with E-state index < -0.39 is 230 Å². The molecule has 2 bridgehead atoms. The Kier molecular flexibility index (Phi) is 31.4. The maximum atomic E-state index is 15.8. The summed E-state index contributed by atoms with van der Waals surface area (Å²) in [6, 6.07) is -11.4. The van der Waals surface area contributed by atoms with Crippen LogP contribution < -0.4 is 16.0 Å². The fourth-order valence-electron chi connectivity index (χ4n) is 17.9. The molecule has 8 aliphatic rings. The highest BCUT2D eigenvalue weighted by molar-refractivity contribution is 6.01. The number of likely N-dealkylation sites (N-methyl/N-ethyl adjacent to an activating group) is 6. The van der Waals surface area contributed by atoms with E-state index in [-0.39, 0.29) is 129 Å². The van der Waals surface area contributed by atoms with Crippen LogP contribution in [-0.4, -0.2) is 301 Å². The normalized spacial score (nSPS) is 32.1. The number of carbonyl (C=O) groups is 12. The Balaban J connectivity index is 1.21. The minimum absolute atomic E-state index is 0.00779. The summed E-state index contributed by atoms with van der Waals surface area (Å²) in [6.45, 7) is 7.74. The second-order valence-corrected chi connectivity index (χ2v) is 33.2. The van der Waals surface area contributed by atoms with E-state index in [2.05, 4.69) is 16.0 Å². The molecule has 4 aliphatic carbocycles. The average Bonchev–Trinajstić information content (AvgIpc) is 1.74. The van der Waals surface area contributed by atoms with E-state index in [4.69, 9.17) is 9.47 Å². The highest BCUT2D eigenvalue weighted by atomic mass is 19.4. The fraction of sp³-hybridized carbons (Fsp3) is 0.844. The third kappa shape index (κ3) is 21.7. The topological polar surface area (TPSA) is 289 Å². The van der Waals surface area contributed by atoms with Gasteiger partial charge in [-0.1, -0.05) is 53.9 Å². The van der Waals surface area contributed by atoms with Crippen LogP contribution in [0.25, 0.3) is 0 Å². The number of carbonyl (C=O) groups excluding carboxylic acids is 12. The Morgan fingerprint density at radius 2 is 1.22 bits per heavy atom. The van der Waals surface area contributed by atoms with E-state index in [9.17, 15) is 40.7 Å². The number of nitrogens with zero attached hydrogens (tertiary/aromatic N) is 9. The number of halogens is 8. The van der Waals surface area contributed by atoms with Gasteiger partial charge in [0.15, 0.2) is 0 Å². The number of hydrogen-bond donors (Lipinski definition) is 3. The number of nitrogens with one attached hydrogen (secondary N) is 3. The molecule has 0 aromatic carbocycles. The molecule has 34 heteroatoms. The van der Waals surface area contributed by atoms with Crippen molar-refractivity contribution in [3.8, 4) is 0 Å². The summed E-state index contributed by atoms with van der Waals surface area (Å²) < 4.78 is 127. The van der Waals surface area contributed by atoms with Crippen molar-refractivity contribution in [2.24, 2.45) is 41.4 Å². The highest BCUT2D eigenvalue weighted by Gasteiger charge is 2.57. The van der Waals surface area contributed by atoms with Gasteiger partial charge in [-0.2, -0.15) is 26.3 Å². The molecule has 8 fully saturated rings. The average molecular weight is 1590 g/mol. The lowest BCUT2D eigenvalue weighted by atomic mass is 9.74. The third-order valence-corrected chi connectivity index (χ3v) is 25.0. The van der Waals surface area contributed by atoms with Crippen molar-refractivity contribution in [3.05, 3.63) is 0 Å². The first-order valence-corrected chi connectivity index (χ1v) is 40.2. The lowest BCUT2D eigenvalue weighted by molar-refractivity contribution is -0.219. The SMILES string of the molecule is CCCO[C@@H]1CCN2C(=O)[C@H](CCC3CC(F)C(C(F)(F)F)C(F)C3)NC(=O)CN(C)C(=O)[C@H](CC3CCC(C(F)(F)F)CC3)N3CCCC[C@@H](C3=O)N(C)C(=O)CN(C)C(=O)[C@H]([C@@H](C)CC)NC(=O)[C@H](CC(C)C)N(C)C(=O)C[C@@H](C(=O)N3CCOCC3)N(C)C(=O)[C@H](C3CCCC3)N(C)C(=O)C3(CCC3)NC(=O)[C@H]12. The van der Waals surface area contributed by atoms with Crippen molar-refractivity contribution < 1.29 is 102 Å². The predicted molar refractivity (Wildman–Crippen MR) is 390 cm³/mol. The first kappa shape index (κ1) is 89.5. The zero-order valence-corrected chi connectivity index (χ0v) is 66.5. The molecule has 4 heterocycles. The molecule has 12 amide bonds. The number of rotatable bonds is 14. The Bertz CT molecular complexity index is 3270. The van der Waals surface area contributed by atoms with E-state index in [1.54, 1.807) is 20.8 Å². The molecule has 0 radical (unpaired) electrons. The molecule has 4 saturated carbocycles. The third-order valence-electron chi connectivity index (χ3n) is 25.0. The lowest BCUT2D eigenvalue weighted by Gasteiger charge is -2.47. The number of alkyl halides is 8. The Labute approximate surface area is 646 Å². The number of hydrogen-bond acceptors (Lipinski definition) is 14. The molecular weight excluding hydrogens is 1470 g/mol. The monoisotopic (exact) mass is 1590 g/mol. The summed E-state index contributed by atoms with van der Waals surface area (Å²) in [5, 5.41) is 8.48. The zero-order chi connectivity index (χ0) is 81.9. The molecule has 26 nitrogen and oxygen atoms in total. The van der Waals surface area contributed by atoms with Crippen LogP contribution in [0.4, 0.5) is 35.1 Å². The predicted octanol–water partition coefficient (Wildman–Crippen LogP) is 6.35. The van der Waals surface area contributed by atoms with Gasteiger partial charge in [0.2, 0.25) is 70.9 Å². The van der Waals surface area contributed by atoms with E-state index >= 15 is 51.9 Å². The van der Waals surface area contributed by atoms with E-state index in [0.29, 0.717) is 51.4 Å². The molecule has 2 unspecified atom stereocenters. The summed E-state index contributed by atoms with van der Waals surface area (Å²) in [5.74, 6) is -16.8. The fourth-order valence-corrected chi connectivity index (χ4v) is 17.9. The van der Waals surface area contributed by atoms with Crippen LogP contribution >= 0.6 is 0 Å². The first-order chi connectivity index (χ1) is 52.2. The molecule has 628 valence electrons. The highest BCUT2D eigenvalue weighted by Crippen LogP contribution is 2.46. The van der Waals surface area contributed by atoms with Gasteiger partial charge in [-0.3, -0.25) is 57.5 Å². The van der Waals surface area contributed by atoms with Crippen LogP contribution in [-0.2, 0) is 67.0 Å². The van der Waals surface area contributed by atoms with Crippen molar-refractivity contribution in [2.75, 3.05) is 101 Å². The second kappa shape index (κ2) is 38.9. The van der Waals surface area contributed by atoms with E-state index in [0.717, 1.165) is 24.5 Å². The Hall–Kier alpha value is -7.00. The van der Waals surface area contributed by atoms with Crippen LogP contribution in [0.2, 0.25) is 0 Å². The number of morpholine rings is 1. The van der Waals surface area contributed by atoms with Crippen LogP contribution in [0.15, 0.2) is 0 Å². The molecule has 1 spiro atoms. The van der Waals surface area contributed by atoms with Gasteiger partial charge in [-0.15, -0.1) is 0 Å². The maximum absolute atomic E-state index is 15.8. The molecule has 3 N–H and O–H groups in total. The van der Waals surface area contributed by atoms with E-state index in [1.807, 2.05) is 13.8 Å². The Morgan fingerprint density at radius 1 is 0.595 bits per heavy atom. The summed E-state index contributed by atoms with van der Waals surface area (Å²) >= 11 is 0. The molecule has 0 aromatic heterocycles. The van der Waals surface area contributed by atoms with Crippen molar-refractivity contribution in [1.82, 2.24) is 60.0 Å². The molecular formula is C77H120F8N12O14. The van der Waals surface area contributed by atoms with Gasteiger partial charge in [0.25, 0.3) is 0 Å². The van der Waals surface area contributed by atoms with Crippen LogP contribution in [0.5, 0.6) is 0 Å². The Morgan fingerprint density at radius 3 is 1.79 bits per heavy atom. The summed E-state index contributed by atoms with van der Waals surface area (Å²) in [4.78, 5) is 194. The number of amides is 12. The van der Waals surface area contributed by atoms with Crippen molar-refractivity contribution in [3.63, 3.8) is 0 Å². The molecule has 111 heavy (non-hydrogen) atoms. The number of ether oxygens (including phenoxy) is 2. The van der Waals surface area contributed by atoms with Gasteiger partial charge in [-0.25, -0.2) is 8.78 Å². The number of fused-ring (bicyclic) bond motifs is 3. The van der Waals surface area contributed by atoms with Crippen molar-refractivity contribution in [1.29, 1.82) is 0 Å². The van der Waals surface area contributed by atoms with Crippen LogP contribution in [0.3, 0.4) is 0 Å². The minimum atomic E-state index is -5.22. The smallest absolute Gasteiger partial charge is 0.378 e. The molecule has 4 aliphatic heterocycles. The standard InChI is InChI=1S/C77H120F8N12O14/c1-12-35-111-58-28-32-97-65(58)67(102)88-75(29-18-30-75)74(109)94(11)64(49-19-14-15-20-49)73(108)93(10)56(70(105)95-33-36-110-37-34-95)42-60(99)92(9)55(38-45(3)4)66(101)87-63(46(5)13-2)72(107)90(7)44-61(100)91(8)54-21-16-17-31-96(71(54)106)57(41-47-22-25-50(26-23-47)76(80,81)82)69(104)89(6)43-59(98)86-53(68(97)103)27-24-48-39-51(78)62(52(79)40-48)77(83,84)85/h45-58,62-65H,12-44H2,1-11H3,(H,86,98)(H,87,101)(H,88,102)/t46-,47?,48?,50?,51?,52?,53-,54-,55-,56-,57-,58+,62?,63-,64-,65-/m0/s1. The van der Waals surface area contributed by atoms with Gasteiger partial charge >= 0.3 is 12.4 Å². The van der Waals surface area contributed by atoms with Gasteiger partial charge in [-0.05, 0) is 158 Å². The second-order valence-electron chi connectivity index (χ2n) is 33.2. The summed E-state index contributed by atoms with van der Waals surface area (Å²) in [5.41, 5.74) is -1.72. The van der Waals surface area contributed by atoms with Gasteiger partial charge < -0.3 is 69.5 Å². The maximum Gasteiger partial charge on any atom is 0.397 e. The first-order valence-electron chi connectivity index (χ1n) is 40.2. The quantitative estimate of drug-likeness (QED) is 0.160. The zero-order valence-electron chi connectivity index (χ0n) is 66.5. The van der Waals surface area contributed by atoms with Crippen molar-refractivity contribution >= 4 is 70.9 Å². The van der Waals surface area contributed by atoms with Crippen molar-refractivity contribution in [2.45, 2.75) is 273 Å². The van der Waals surface area contributed by atoms with E-state index in [1.165, 1.54) is 61.9 Å². The molecule has 4 saturated heterocycles. The lowest BCUT2D eigenvalue weighted by Crippen LogP contribution is -2.69. The molecule has 12 atom stereocenters. The molecule has 8 rings (SSSR count). The van der Waals surface area contributed by atoms with Gasteiger partial charge in [0.1, 0.15) is 72.1 Å². The summed E-state index contributed by atoms with van der Waals surface area (Å²) in [6.07, 6.45) is -15.5. The van der Waals surface area contributed by atoms with Gasteiger partial charge in [0, 0.05) is 75.1 Å². The van der Waals surface area contributed by atoms with Crippen LogP contribution in [0, 0.1) is 41.4 Å². The largest absolute Gasteiger partial charge is 0.397 e. The molecule has 0 aromatic rings. The van der Waals surface area contributed by atoms with Gasteiger partial charge in [0.05, 0.1) is 44.7 Å². The minimum Gasteiger partial charge on any atom is -0.378 e.